The first-order valence-electron chi connectivity index (χ1n) is 4.11. The fourth-order valence-electron chi connectivity index (χ4n) is 1.44. The van der Waals surface area contributed by atoms with E-state index < -0.39 is 0 Å². The van der Waals surface area contributed by atoms with Gasteiger partial charge in [-0.25, -0.2) is 0 Å². The molecular weight excluding hydrogens is 327 g/mol. The van der Waals surface area contributed by atoms with Crippen LogP contribution in [0.5, 0.6) is 0 Å². The first kappa shape index (κ1) is 10.7. The fraction of sp³-hybridized carbons (Fsp3) is 0.200. The summed E-state index contributed by atoms with van der Waals surface area (Å²) in [5.74, 6) is 0. The molecule has 0 fully saturated rings. The molecule has 0 amide bonds. The van der Waals surface area contributed by atoms with Crippen LogP contribution in [0.3, 0.4) is 0 Å². The third-order valence-electron chi connectivity index (χ3n) is 2.13. The molecule has 0 aliphatic rings. The van der Waals surface area contributed by atoms with Gasteiger partial charge in [-0.1, -0.05) is 0 Å². The average molecular weight is 336 g/mol. The Bertz CT molecular complexity index is 464. The molecule has 1 N–H and O–H groups in total. The van der Waals surface area contributed by atoms with E-state index in [-0.39, 0.29) is 6.61 Å². The van der Waals surface area contributed by atoms with Gasteiger partial charge in [0.1, 0.15) is 0 Å². The second kappa shape index (κ2) is 4.38. The molecule has 0 saturated heterocycles. The number of rotatable bonds is 2. The summed E-state index contributed by atoms with van der Waals surface area (Å²) in [6.07, 6.45) is 2.08. The van der Waals surface area contributed by atoms with Gasteiger partial charge in [0.15, 0.2) is 0 Å². The lowest BCUT2D eigenvalue weighted by Gasteiger charge is -2.06. The van der Waals surface area contributed by atoms with Crippen LogP contribution in [0.4, 0.5) is 0 Å². The summed E-state index contributed by atoms with van der Waals surface area (Å²) < 4.78 is 2.38. The summed E-state index contributed by atoms with van der Waals surface area (Å²) in [5.41, 5.74) is 1.06. The van der Waals surface area contributed by atoms with Gasteiger partial charge in [0.2, 0.25) is 0 Å². The highest BCUT2D eigenvalue weighted by Gasteiger charge is 2.10. The molecule has 1 aromatic heterocycles. The van der Waals surface area contributed by atoms with E-state index in [1.807, 2.05) is 0 Å². The van der Waals surface area contributed by atoms with Gasteiger partial charge < -0.3 is 5.11 Å². The van der Waals surface area contributed by atoms with Gasteiger partial charge in [0.05, 0.1) is 6.61 Å². The van der Waals surface area contributed by atoms with Crippen molar-refractivity contribution in [3.05, 3.63) is 26.6 Å². The minimum absolute atomic E-state index is 0.129. The summed E-state index contributed by atoms with van der Waals surface area (Å²) in [4.78, 5) is 1.29. The number of benzene rings is 1. The maximum absolute atomic E-state index is 9.29. The molecule has 0 radical (unpaired) electrons. The largest absolute Gasteiger partial charge is 0.392 e. The van der Waals surface area contributed by atoms with Crippen LogP contribution in [0.25, 0.3) is 10.1 Å². The summed E-state index contributed by atoms with van der Waals surface area (Å²) in [5, 5.41) is 12.6. The van der Waals surface area contributed by atoms with Gasteiger partial charge in [0.25, 0.3) is 0 Å². The molecule has 74 valence electrons. The highest BCUT2D eigenvalue weighted by Crippen LogP contribution is 2.35. The Kier molecular flexibility index (Phi) is 3.36. The van der Waals surface area contributed by atoms with E-state index in [2.05, 4.69) is 46.4 Å². The lowest BCUT2D eigenvalue weighted by molar-refractivity contribution is 0.282. The molecular formula is C10H9IOS2. The molecule has 0 aliphatic heterocycles. The van der Waals surface area contributed by atoms with Crippen LogP contribution in [-0.2, 0) is 6.61 Å². The number of hydrogen-bond acceptors (Lipinski definition) is 3. The molecule has 1 aromatic carbocycles. The number of halogens is 1. The second-order valence-corrected chi connectivity index (χ2v) is 5.79. The Labute approximate surface area is 105 Å². The van der Waals surface area contributed by atoms with Crippen molar-refractivity contribution >= 4 is 55.8 Å². The average Bonchev–Trinajstić information content (AvgIpc) is 2.65. The standard InChI is InChI=1S/C10H9IOS2/c1-13-9-4-8(11)7(5-12)10-6(9)2-3-14-10/h2-4,12H,5H2,1H3. The van der Waals surface area contributed by atoms with Crippen LogP contribution in [-0.4, -0.2) is 11.4 Å². The van der Waals surface area contributed by atoms with Gasteiger partial charge in [-0.3, -0.25) is 0 Å². The summed E-state index contributed by atoms with van der Waals surface area (Å²) in [6, 6.07) is 4.27. The summed E-state index contributed by atoms with van der Waals surface area (Å²) in [6.45, 7) is 0.129. The monoisotopic (exact) mass is 336 g/mol. The fourth-order valence-corrected chi connectivity index (χ4v) is 4.24. The molecule has 14 heavy (non-hydrogen) atoms. The highest BCUT2D eigenvalue weighted by atomic mass is 127. The van der Waals surface area contributed by atoms with Crippen LogP contribution in [0.2, 0.25) is 0 Å². The number of aliphatic hydroxyl groups is 1. The van der Waals surface area contributed by atoms with Crippen molar-refractivity contribution in [2.24, 2.45) is 0 Å². The van der Waals surface area contributed by atoms with Crippen LogP contribution in [0.1, 0.15) is 5.56 Å². The maximum atomic E-state index is 9.29. The van der Waals surface area contributed by atoms with Crippen molar-refractivity contribution in [1.29, 1.82) is 0 Å². The van der Waals surface area contributed by atoms with Crippen molar-refractivity contribution in [2.45, 2.75) is 11.5 Å². The topological polar surface area (TPSA) is 20.2 Å². The second-order valence-electron chi connectivity index (χ2n) is 2.86. The Morgan fingerprint density at radius 3 is 3.00 bits per heavy atom. The van der Waals surface area contributed by atoms with Crippen molar-refractivity contribution in [3.8, 4) is 0 Å². The lowest BCUT2D eigenvalue weighted by Crippen LogP contribution is -1.89. The minimum atomic E-state index is 0.129. The first-order chi connectivity index (χ1) is 6.77. The first-order valence-corrected chi connectivity index (χ1v) is 7.29. The zero-order valence-corrected chi connectivity index (χ0v) is 11.4. The summed E-state index contributed by atoms with van der Waals surface area (Å²) in [7, 11) is 0. The van der Waals surface area contributed by atoms with E-state index in [1.54, 1.807) is 23.1 Å². The lowest BCUT2D eigenvalue weighted by atomic mass is 10.2. The van der Waals surface area contributed by atoms with Crippen LogP contribution < -0.4 is 0 Å². The van der Waals surface area contributed by atoms with Gasteiger partial charge in [-0.2, -0.15) is 0 Å². The van der Waals surface area contributed by atoms with E-state index in [1.165, 1.54) is 15.0 Å². The highest BCUT2D eigenvalue weighted by molar-refractivity contribution is 14.1. The molecule has 2 aromatic rings. The SMILES string of the molecule is CSc1cc(I)c(CO)c2sccc12. The normalized spacial score (nSPS) is 11.1. The molecule has 4 heteroatoms. The number of aliphatic hydroxyl groups excluding tert-OH is 1. The number of hydrogen-bond donors (Lipinski definition) is 1. The Hall–Kier alpha value is 0.220. The van der Waals surface area contributed by atoms with E-state index in [0.717, 1.165) is 9.13 Å². The van der Waals surface area contributed by atoms with Gasteiger partial charge >= 0.3 is 0 Å². The minimum Gasteiger partial charge on any atom is -0.392 e. The van der Waals surface area contributed by atoms with Crippen molar-refractivity contribution in [2.75, 3.05) is 6.26 Å². The predicted molar refractivity (Wildman–Crippen MR) is 72.2 cm³/mol. The molecule has 0 unspecified atom stereocenters. The van der Waals surface area contributed by atoms with Gasteiger partial charge in [-0.05, 0) is 46.4 Å². The van der Waals surface area contributed by atoms with E-state index in [9.17, 15) is 5.11 Å². The molecule has 1 heterocycles. The Morgan fingerprint density at radius 1 is 1.57 bits per heavy atom. The molecule has 0 saturated carbocycles. The Balaban J connectivity index is 2.81. The Morgan fingerprint density at radius 2 is 2.36 bits per heavy atom. The summed E-state index contributed by atoms with van der Waals surface area (Å²) >= 11 is 5.75. The third kappa shape index (κ3) is 1.68. The van der Waals surface area contributed by atoms with Crippen LogP contribution in [0.15, 0.2) is 22.4 Å². The zero-order valence-electron chi connectivity index (χ0n) is 7.58. The number of thiophene rings is 1. The van der Waals surface area contributed by atoms with E-state index >= 15 is 0 Å². The molecule has 1 nitrogen and oxygen atoms in total. The molecule has 0 bridgehead atoms. The van der Waals surface area contributed by atoms with Crippen molar-refractivity contribution in [1.82, 2.24) is 0 Å². The number of fused-ring (bicyclic) bond motifs is 1. The van der Waals surface area contributed by atoms with Crippen molar-refractivity contribution < 1.29 is 5.11 Å². The van der Waals surface area contributed by atoms with Gasteiger partial charge in [-0.15, -0.1) is 23.1 Å². The zero-order chi connectivity index (χ0) is 10.1. The van der Waals surface area contributed by atoms with E-state index in [4.69, 9.17) is 0 Å². The predicted octanol–water partition coefficient (Wildman–Crippen LogP) is 3.72. The smallest absolute Gasteiger partial charge is 0.0706 e. The van der Waals surface area contributed by atoms with Crippen LogP contribution >= 0.6 is 45.7 Å². The molecule has 2 rings (SSSR count). The molecule has 0 aliphatic carbocycles. The van der Waals surface area contributed by atoms with E-state index in [0.29, 0.717) is 0 Å². The molecule has 0 spiro atoms. The van der Waals surface area contributed by atoms with Crippen molar-refractivity contribution in [3.63, 3.8) is 0 Å². The third-order valence-corrected chi connectivity index (χ3v) is 4.84. The quantitative estimate of drug-likeness (QED) is 0.666. The number of thioether (sulfide) groups is 1. The van der Waals surface area contributed by atoms with Gasteiger partial charge in [0, 0.05) is 24.1 Å². The molecule has 0 atom stereocenters. The maximum Gasteiger partial charge on any atom is 0.0706 e. The van der Waals surface area contributed by atoms with Crippen LogP contribution in [0, 0.1) is 3.57 Å².